The molecule has 0 heterocycles. The van der Waals surface area contributed by atoms with Gasteiger partial charge in [0, 0.05) is 11.9 Å². The number of hydrogen-bond acceptors (Lipinski definition) is 1. The summed E-state index contributed by atoms with van der Waals surface area (Å²) in [4.78, 5) is 0. The van der Waals surface area contributed by atoms with Crippen molar-refractivity contribution < 1.29 is 0 Å². The van der Waals surface area contributed by atoms with Gasteiger partial charge in [-0.2, -0.15) is 0 Å². The van der Waals surface area contributed by atoms with Crippen LogP contribution in [0.1, 0.15) is 38.2 Å². The van der Waals surface area contributed by atoms with E-state index in [1.807, 2.05) is 0 Å². The maximum Gasteiger partial charge on any atom is 0.0380 e. The Morgan fingerprint density at radius 3 is 2.53 bits per heavy atom. The molecule has 17 heavy (non-hydrogen) atoms. The van der Waals surface area contributed by atoms with E-state index < -0.39 is 0 Å². The molecule has 0 fully saturated rings. The molecule has 0 radical (unpaired) electrons. The summed E-state index contributed by atoms with van der Waals surface area (Å²) in [5.41, 5.74) is 1.36. The SMILES string of the molecule is CCCCCCNC(CCl)Cc1ccccc1. The van der Waals surface area contributed by atoms with E-state index in [2.05, 4.69) is 42.6 Å². The summed E-state index contributed by atoms with van der Waals surface area (Å²) in [6.07, 6.45) is 6.24. The fourth-order valence-corrected chi connectivity index (χ4v) is 2.16. The highest BCUT2D eigenvalue weighted by atomic mass is 35.5. The van der Waals surface area contributed by atoms with Gasteiger partial charge in [0.2, 0.25) is 0 Å². The minimum atomic E-state index is 0.403. The third-order valence-electron chi connectivity index (χ3n) is 2.97. The largest absolute Gasteiger partial charge is 0.312 e. The van der Waals surface area contributed by atoms with Gasteiger partial charge < -0.3 is 5.32 Å². The molecule has 0 bridgehead atoms. The zero-order valence-corrected chi connectivity index (χ0v) is 11.5. The van der Waals surface area contributed by atoms with E-state index >= 15 is 0 Å². The quantitative estimate of drug-likeness (QED) is 0.518. The molecule has 1 unspecified atom stereocenters. The van der Waals surface area contributed by atoms with E-state index in [-0.39, 0.29) is 0 Å². The molecule has 1 nitrogen and oxygen atoms in total. The Morgan fingerprint density at radius 2 is 1.88 bits per heavy atom. The van der Waals surface area contributed by atoms with E-state index in [1.54, 1.807) is 0 Å². The van der Waals surface area contributed by atoms with Crippen molar-refractivity contribution >= 4 is 11.6 Å². The van der Waals surface area contributed by atoms with Crippen LogP contribution in [0.15, 0.2) is 30.3 Å². The number of hydrogen-bond donors (Lipinski definition) is 1. The molecule has 0 aliphatic carbocycles. The monoisotopic (exact) mass is 253 g/mol. The molecule has 1 aromatic rings. The summed E-state index contributed by atoms with van der Waals surface area (Å²) in [6.45, 7) is 3.33. The summed E-state index contributed by atoms with van der Waals surface area (Å²) in [6, 6.07) is 11.0. The summed E-state index contributed by atoms with van der Waals surface area (Å²) < 4.78 is 0. The van der Waals surface area contributed by atoms with E-state index in [0.717, 1.165) is 13.0 Å². The van der Waals surface area contributed by atoms with Gasteiger partial charge in [-0.1, -0.05) is 56.5 Å². The molecule has 0 aromatic heterocycles. The highest BCUT2D eigenvalue weighted by Crippen LogP contribution is 2.05. The Hall–Kier alpha value is -0.530. The van der Waals surface area contributed by atoms with Gasteiger partial charge in [0.25, 0.3) is 0 Å². The smallest absolute Gasteiger partial charge is 0.0380 e. The van der Waals surface area contributed by atoms with Gasteiger partial charge in [0.15, 0.2) is 0 Å². The fourth-order valence-electron chi connectivity index (χ4n) is 1.94. The zero-order valence-electron chi connectivity index (χ0n) is 10.8. The molecule has 2 heteroatoms. The summed E-state index contributed by atoms with van der Waals surface area (Å²) in [5.74, 6) is 0.683. The van der Waals surface area contributed by atoms with Crippen molar-refractivity contribution in [2.24, 2.45) is 0 Å². The molecule has 1 rings (SSSR count). The zero-order chi connectivity index (χ0) is 12.3. The van der Waals surface area contributed by atoms with E-state index in [1.165, 1.54) is 31.2 Å². The van der Waals surface area contributed by atoms with Crippen molar-refractivity contribution in [3.63, 3.8) is 0 Å². The number of benzene rings is 1. The normalized spacial score (nSPS) is 12.6. The lowest BCUT2D eigenvalue weighted by Crippen LogP contribution is -2.33. The third-order valence-corrected chi connectivity index (χ3v) is 3.35. The van der Waals surface area contributed by atoms with E-state index in [4.69, 9.17) is 11.6 Å². The minimum absolute atomic E-state index is 0.403. The van der Waals surface area contributed by atoms with Crippen molar-refractivity contribution in [1.29, 1.82) is 0 Å². The van der Waals surface area contributed by atoms with Crippen LogP contribution < -0.4 is 5.32 Å². The Kier molecular flexibility index (Phi) is 8.12. The predicted octanol–water partition coefficient (Wildman–Crippen LogP) is 4.01. The Bertz CT molecular complexity index is 274. The molecule has 0 spiro atoms. The van der Waals surface area contributed by atoms with E-state index in [9.17, 15) is 0 Å². The second-order valence-corrected chi connectivity index (χ2v) is 4.86. The molecule has 1 atom stereocenters. The molecular formula is C15H24ClN. The molecule has 0 aliphatic heterocycles. The Balaban J connectivity index is 2.20. The topological polar surface area (TPSA) is 12.0 Å². The summed E-state index contributed by atoms with van der Waals surface area (Å²) >= 11 is 6.00. The molecule has 96 valence electrons. The first-order valence-electron chi connectivity index (χ1n) is 6.70. The summed E-state index contributed by atoms with van der Waals surface area (Å²) in [7, 11) is 0. The molecule has 0 amide bonds. The van der Waals surface area contributed by atoms with Gasteiger partial charge in [0.1, 0.15) is 0 Å². The van der Waals surface area contributed by atoms with Crippen LogP contribution in [0.3, 0.4) is 0 Å². The minimum Gasteiger partial charge on any atom is -0.312 e. The molecule has 0 aliphatic rings. The molecule has 1 aromatic carbocycles. The Labute approximate surface area is 111 Å². The van der Waals surface area contributed by atoms with Gasteiger partial charge in [-0.3, -0.25) is 0 Å². The summed E-state index contributed by atoms with van der Waals surface area (Å²) in [5, 5.41) is 3.54. The molecule has 0 saturated heterocycles. The molecule has 1 N–H and O–H groups in total. The van der Waals surface area contributed by atoms with Crippen LogP contribution in [0, 0.1) is 0 Å². The van der Waals surface area contributed by atoms with Gasteiger partial charge in [-0.05, 0) is 24.9 Å². The lowest BCUT2D eigenvalue weighted by molar-refractivity contribution is 0.521. The molecule has 0 saturated carbocycles. The van der Waals surface area contributed by atoms with Crippen LogP contribution in [-0.4, -0.2) is 18.5 Å². The number of alkyl halides is 1. The number of nitrogens with one attached hydrogen (secondary N) is 1. The van der Waals surface area contributed by atoms with Gasteiger partial charge >= 0.3 is 0 Å². The van der Waals surface area contributed by atoms with Gasteiger partial charge in [-0.25, -0.2) is 0 Å². The first-order valence-corrected chi connectivity index (χ1v) is 7.23. The number of halogens is 1. The van der Waals surface area contributed by atoms with Crippen LogP contribution in [0.25, 0.3) is 0 Å². The van der Waals surface area contributed by atoms with Crippen molar-refractivity contribution in [3.05, 3.63) is 35.9 Å². The van der Waals surface area contributed by atoms with Crippen molar-refractivity contribution in [3.8, 4) is 0 Å². The average Bonchev–Trinajstić information content (AvgIpc) is 2.38. The maximum atomic E-state index is 6.00. The fraction of sp³-hybridized carbons (Fsp3) is 0.600. The van der Waals surface area contributed by atoms with Gasteiger partial charge in [0.05, 0.1) is 0 Å². The van der Waals surface area contributed by atoms with Crippen molar-refractivity contribution in [2.45, 2.75) is 45.1 Å². The van der Waals surface area contributed by atoms with Gasteiger partial charge in [-0.15, -0.1) is 11.6 Å². The lowest BCUT2D eigenvalue weighted by Gasteiger charge is -2.16. The lowest BCUT2D eigenvalue weighted by atomic mass is 10.1. The predicted molar refractivity (Wildman–Crippen MR) is 76.8 cm³/mol. The highest BCUT2D eigenvalue weighted by molar-refractivity contribution is 6.18. The van der Waals surface area contributed by atoms with E-state index in [0.29, 0.717) is 11.9 Å². The second-order valence-electron chi connectivity index (χ2n) is 4.56. The van der Waals surface area contributed by atoms with Crippen LogP contribution in [0.5, 0.6) is 0 Å². The average molecular weight is 254 g/mol. The van der Waals surface area contributed by atoms with Crippen LogP contribution in [0.2, 0.25) is 0 Å². The van der Waals surface area contributed by atoms with Crippen LogP contribution in [-0.2, 0) is 6.42 Å². The highest BCUT2D eigenvalue weighted by Gasteiger charge is 2.06. The van der Waals surface area contributed by atoms with Crippen molar-refractivity contribution in [2.75, 3.05) is 12.4 Å². The van der Waals surface area contributed by atoms with Crippen LogP contribution >= 0.6 is 11.6 Å². The number of unbranched alkanes of at least 4 members (excludes halogenated alkanes) is 3. The second kappa shape index (κ2) is 9.49. The maximum absolute atomic E-state index is 6.00. The molecular weight excluding hydrogens is 230 g/mol. The first-order chi connectivity index (χ1) is 8.36. The Morgan fingerprint density at radius 1 is 1.12 bits per heavy atom. The van der Waals surface area contributed by atoms with Crippen molar-refractivity contribution in [1.82, 2.24) is 5.32 Å². The first kappa shape index (κ1) is 14.5. The standard InChI is InChI=1S/C15H24ClN/c1-2-3-4-8-11-17-15(13-16)12-14-9-6-5-7-10-14/h5-7,9-10,15,17H,2-4,8,11-13H2,1H3. The third kappa shape index (κ3) is 6.70. The van der Waals surface area contributed by atoms with Crippen LogP contribution in [0.4, 0.5) is 0 Å². The number of rotatable bonds is 9.